The van der Waals surface area contributed by atoms with E-state index >= 15 is 0 Å². The molecule has 1 N–H and O–H groups in total. The van der Waals surface area contributed by atoms with E-state index in [2.05, 4.69) is 40.4 Å². The Balaban J connectivity index is 1.42. The van der Waals surface area contributed by atoms with Gasteiger partial charge in [-0.1, -0.05) is 42.5 Å². The zero-order chi connectivity index (χ0) is 17.9. The van der Waals surface area contributed by atoms with Crippen molar-refractivity contribution in [2.24, 2.45) is 0 Å². The molecule has 0 aliphatic carbocycles. The Morgan fingerprint density at radius 3 is 2.92 bits per heavy atom. The van der Waals surface area contributed by atoms with E-state index in [1.165, 1.54) is 29.0 Å². The highest BCUT2D eigenvalue weighted by molar-refractivity contribution is 7.16. The minimum Gasteiger partial charge on any atom is -0.374 e. The first-order valence-corrected chi connectivity index (χ1v) is 9.65. The van der Waals surface area contributed by atoms with Crippen molar-refractivity contribution in [2.75, 3.05) is 18.5 Å². The largest absolute Gasteiger partial charge is 0.374 e. The number of hydrogen-bond acceptors (Lipinski definition) is 4. The van der Waals surface area contributed by atoms with Gasteiger partial charge in [0.1, 0.15) is 9.88 Å². The number of rotatable bonds is 4. The lowest BCUT2D eigenvalue weighted by molar-refractivity contribution is 0.0954. The van der Waals surface area contributed by atoms with Crippen molar-refractivity contribution in [3.05, 3.63) is 70.7 Å². The summed E-state index contributed by atoms with van der Waals surface area (Å²) in [6.45, 7) is 1.65. The molecule has 0 fully saturated rings. The standard InChI is InChI=1S/C21H21N3OS/c1-24-11-5-8-17-12-15(9-10-18(17)24)13-22-20(25)19-14-23-21(26-19)16-6-3-2-4-7-16/h2-4,6-7,9-10,12,14H,5,8,11,13H2,1H3,(H,22,25). The minimum absolute atomic E-state index is 0.0699. The molecular formula is C21H21N3OS. The number of amides is 1. The molecule has 0 saturated heterocycles. The topological polar surface area (TPSA) is 45.2 Å². The van der Waals surface area contributed by atoms with Gasteiger partial charge in [-0.25, -0.2) is 4.98 Å². The molecule has 0 atom stereocenters. The van der Waals surface area contributed by atoms with Gasteiger partial charge in [-0.15, -0.1) is 11.3 Å². The molecule has 1 aliphatic heterocycles. The second-order valence-corrected chi connectivity index (χ2v) is 7.60. The number of nitrogens with zero attached hydrogens (tertiary/aromatic N) is 2. The molecule has 4 nitrogen and oxygen atoms in total. The van der Waals surface area contributed by atoms with Crippen molar-refractivity contribution >= 4 is 22.9 Å². The van der Waals surface area contributed by atoms with Gasteiger partial charge in [-0.05, 0) is 30.0 Å². The summed E-state index contributed by atoms with van der Waals surface area (Å²) < 4.78 is 0. The Labute approximate surface area is 157 Å². The van der Waals surface area contributed by atoms with Crippen LogP contribution in [0.1, 0.15) is 27.2 Å². The van der Waals surface area contributed by atoms with E-state index in [-0.39, 0.29) is 5.91 Å². The minimum atomic E-state index is -0.0699. The van der Waals surface area contributed by atoms with Crippen LogP contribution in [0.25, 0.3) is 10.6 Å². The highest BCUT2D eigenvalue weighted by Crippen LogP contribution is 2.27. The van der Waals surface area contributed by atoms with E-state index in [1.807, 2.05) is 30.3 Å². The summed E-state index contributed by atoms with van der Waals surface area (Å²) in [6, 6.07) is 16.4. The zero-order valence-electron chi connectivity index (χ0n) is 14.7. The molecular weight excluding hydrogens is 342 g/mol. The Morgan fingerprint density at radius 2 is 2.08 bits per heavy atom. The summed E-state index contributed by atoms with van der Waals surface area (Å²) in [4.78, 5) is 19.8. The third kappa shape index (κ3) is 3.48. The SMILES string of the molecule is CN1CCCc2cc(CNC(=O)c3cnc(-c4ccccc4)s3)ccc21. The Hall–Kier alpha value is -2.66. The van der Waals surface area contributed by atoms with E-state index in [0.29, 0.717) is 11.4 Å². The maximum atomic E-state index is 12.5. The van der Waals surface area contributed by atoms with Gasteiger partial charge in [-0.2, -0.15) is 0 Å². The number of fused-ring (bicyclic) bond motifs is 1. The normalized spacial score (nSPS) is 13.3. The fourth-order valence-electron chi connectivity index (χ4n) is 3.31. The molecule has 3 aromatic rings. The number of benzene rings is 2. The smallest absolute Gasteiger partial charge is 0.263 e. The Kier molecular flexibility index (Phi) is 4.71. The number of hydrogen-bond donors (Lipinski definition) is 1. The number of aryl methyl sites for hydroxylation is 1. The van der Waals surface area contributed by atoms with Crippen LogP contribution in [0.3, 0.4) is 0 Å². The van der Waals surface area contributed by atoms with E-state index in [1.54, 1.807) is 6.20 Å². The molecule has 2 heterocycles. The van der Waals surface area contributed by atoms with E-state index in [4.69, 9.17) is 0 Å². The quantitative estimate of drug-likeness (QED) is 0.758. The number of nitrogens with one attached hydrogen (secondary N) is 1. The summed E-state index contributed by atoms with van der Waals surface area (Å²) in [5.41, 5.74) is 4.85. The molecule has 2 aromatic carbocycles. The molecule has 1 aromatic heterocycles. The lowest BCUT2D eigenvalue weighted by Crippen LogP contribution is -2.25. The van der Waals surface area contributed by atoms with Crippen LogP contribution in [-0.4, -0.2) is 24.5 Å². The molecule has 0 saturated carbocycles. The molecule has 1 aliphatic rings. The third-order valence-corrected chi connectivity index (χ3v) is 5.74. The predicted octanol–water partition coefficient (Wildman–Crippen LogP) is 4.12. The maximum absolute atomic E-state index is 12.5. The molecule has 0 bridgehead atoms. The van der Waals surface area contributed by atoms with Gasteiger partial charge in [0.25, 0.3) is 5.91 Å². The van der Waals surface area contributed by atoms with Crippen LogP contribution in [-0.2, 0) is 13.0 Å². The first-order chi connectivity index (χ1) is 12.7. The maximum Gasteiger partial charge on any atom is 0.263 e. The van der Waals surface area contributed by atoms with Crippen molar-refractivity contribution in [3.8, 4) is 10.6 Å². The molecule has 0 unspecified atom stereocenters. The summed E-state index contributed by atoms with van der Waals surface area (Å²) >= 11 is 1.42. The van der Waals surface area contributed by atoms with Crippen LogP contribution in [0.5, 0.6) is 0 Å². The first kappa shape index (κ1) is 16.8. The molecule has 132 valence electrons. The zero-order valence-corrected chi connectivity index (χ0v) is 15.6. The Morgan fingerprint density at radius 1 is 1.23 bits per heavy atom. The Bertz CT molecular complexity index is 920. The number of anilines is 1. The predicted molar refractivity (Wildman–Crippen MR) is 107 cm³/mol. The van der Waals surface area contributed by atoms with Crippen LogP contribution in [0, 0.1) is 0 Å². The van der Waals surface area contributed by atoms with Crippen molar-refractivity contribution in [3.63, 3.8) is 0 Å². The van der Waals surface area contributed by atoms with Gasteiger partial charge in [0, 0.05) is 31.4 Å². The van der Waals surface area contributed by atoms with E-state index < -0.39 is 0 Å². The lowest BCUT2D eigenvalue weighted by atomic mass is 9.99. The summed E-state index contributed by atoms with van der Waals surface area (Å²) in [7, 11) is 2.13. The van der Waals surface area contributed by atoms with Crippen molar-refractivity contribution in [2.45, 2.75) is 19.4 Å². The average molecular weight is 363 g/mol. The van der Waals surface area contributed by atoms with Crippen LogP contribution >= 0.6 is 11.3 Å². The molecule has 0 spiro atoms. The lowest BCUT2D eigenvalue weighted by Gasteiger charge is -2.27. The van der Waals surface area contributed by atoms with Gasteiger partial charge < -0.3 is 10.2 Å². The fraction of sp³-hybridized carbons (Fsp3) is 0.238. The van der Waals surface area contributed by atoms with E-state index in [9.17, 15) is 4.79 Å². The van der Waals surface area contributed by atoms with Gasteiger partial charge in [-0.3, -0.25) is 4.79 Å². The van der Waals surface area contributed by atoms with Crippen LogP contribution < -0.4 is 10.2 Å². The molecule has 26 heavy (non-hydrogen) atoms. The monoisotopic (exact) mass is 363 g/mol. The first-order valence-electron chi connectivity index (χ1n) is 8.83. The number of thiazole rings is 1. The molecule has 5 heteroatoms. The number of carbonyl (C=O) groups is 1. The van der Waals surface area contributed by atoms with Crippen LogP contribution in [0.15, 0.2) is 54.7 Å². The fourth-order valence-corrected chi connectivity index (χ4v) is 4.15. The van der Waals surface area contributed by atoms with Gasteiger partial charge in [0.2, 0.25) is 0 Å². The van der Waals surface area contributed by atoms with Crippen LogP contribution in [0.4, 0.5) is 5.69 Å². The second kappa shape index (κ2) is 7.30. The third-order valence-electron chi connectivity index (χ3n) is 4.70. The molecule has 4 rings (SSSR count). The highest BCUT2D eigenvalue weighted by Gasteiger charge is 2.15. The summed E-state index contributed by atoms with van der Waals surface area (Å²) in [5.74, 6) is -0.0699. The summed E-state index contributed by atoms with van der Waals surface area (Å²) in [5, 5.41) is 3.88. The number of carbonyl (C=O) groups excluding carboxylic acids is 1. The second-order valence-electron chi connectivity index (χ2n) is 6.57. The van der Waals surface area contributed by atoms with Gasteiger partial charge in [0.05, 0.1) is 6.20 Å². The highest BCUT2D eigenvalue weighted by atomic mass is 32.1. The van der Waals surface area contributed by atoms with Crippen molar-refractivity contribution in [1.82, 2.24) is 10.3 Å². The number of aromatic nitrogens is 1. The van der Waals surface area contributed by atoms with Crippen LogP contribution in [0.2, 0.25) is 0 Å². The van der Waals surface area contributed by atoms with Gasteiger partial charge in [0.15, 0.2) is 0 Å². The van der Waals surface area contributed by atoms with Crippen molar-refractivity contribution in [1.29, 1.82) is 0 Å². The summed E-state index contributed by atoms with van der Waals surface area (Å²) in [6.07, 6.45) is 3.95. The van der Waals surface area contributed by atoms with Gasteiger partial charge >= 0.3 is 0 Å². The van der Waals surface area contributed by atoms with E-state index in [0.717, 1.165) is 29.1 Å². The molecule has 0 radical (unpaired) electrons. The average Bonchev–Trinajstić information content (AvgIpc) is 3.17. The van der Waals surface area contributed by atoms with Crippen molar-refractivity contribution < 1.29 is 4.79 Å². The molecule has 1 amide bonds.